The van der Waals surface area contributed by atoms with E-state index in [2.05, 4.69) is 10.3 Å². The van der Waals surface area contributed by atoms with Crippen LogP contribution in [0.2, 0.25) is 0 Å². The van der Waals surface area contributed by atoms with Crippen molar-refractivity contribution in [3.05, 3.63) is 52.6 Å². The first-order valence-corrected chi connectivity index (χ1v) is 12.5. The third-order valence-electron chi connectivity index (χ3n) is 4.90. The van der Waals surface area contributed by atoms with Gasteiger partial charge < -0.3 is 15.6 Å². The highest BCUT2D eigenvalue weighted by Gasteiger charge is 2.33. The number of amides is 1. The quantitative estimate of drug-likeness (QED) is 0.352. The number of carbonyl (C=O) groups is 1. The van der Waals surface area contributed by atoms with Gasteiger partial charge in [0.25, 0.3) is 0 Å². The minimum atomic E-state index is -4.63. The molecule has 1 aliphatic rings. The fourth-order valence-electron chi connectivity index (χ4n) is 3.39. The molecule has 4 N–H and O–H groups in total. The second kappa shape index (κ2) is 10.8. The largest absolute Gasteiger partial charge is 0.529 e. The second-order valence-electron chi connectivity index (χ2n) is 7.12. The second-order valence-corrected chi connectivity index (χ2v) is 9.54. The van der Waals surface area contributed by atoms with Crippen LogP contribution in [-0.4, -0.2) is 35.0 Å². The molecular weight excluding hydrogens is 465 g/mol. The Balaban J connectivity index is 2.04. The van der Waals surface area contributed by atoms with E-state index in [1.807, 2.05) is 12.1 Å². The highest BCUT2D eigenvalue weighted by atomic mass is 32.2. The number of nitriles is 2. The van der Waals surface area contributed by atoms with Crippen molar-refractivity contribution in [1.82, 2.24) is 10.3 Å². The Bertz CT molecular complexity index is 1160. The first-order valence-electron chi connectivity index (χ1n) is 10.1. The van der Waals surface area contributed by atoms with Gasteiger partial charge in [-0.2, -0.15) is 10.5 Å². The fraction of sp³-hybridized carbons (Fsp3) is 0.333. The van der Waals surface area contributed by atoms with Gasteiger partial charge in [0.2, 0.25) is 11.8 Å². The van der Waals surface area contributed by atoms with Crippen LogP contribution in [0.4, 0.5) is 0 Å². The van der Waals surface area contributed by atoms with E-state index in [1.54, 1.807) is 37.3 Å². The topological polar surface area (TPSA) is 171 Å². The molecule has 33 heavy (non-hydrogen) atoms. The summed E-state index contributed by atoms with van der Waals surface area (Å²) in [7, 11) is -4.63. The lowest BCUT2D eigenvalue weighted by atomic mass is 10.0. The molecule has 0 bridgehead atoms. The Labute approximate surface area is 195 Å². The molecule has 0 radical (unpaired) electrons. The molecule has 0 aliphatic carbocycles. The standard InChI is InChI=1S/C21H22N5O5PS/c1-2-15-16(10-22)20(31-32(28,29)30-14-8-9-25-12-14)26-21(17(15)11-23)33-18(19(24)27)13-6-4-3-5-7-13/h3-7,14,18,25H,2,8-9,12H2,1H3,(H2,24,27)(H,28,29)/t14?,18-/m0/s1. The van der Waals surface area contributed by atoms with Gasteiger partial charge in [-0.1, -0.05) is 49.0 Å². The maximum Gasteiger partial charge on any atom is 0.529 e. The first kappa shape index (κ1) is 24.7. The highest BCUT2D eigenvalue weighted by molar-refractivity contribution is 8.00. The van der Waals surface area contributed by atoms with Gasteiger partial charge in [-0.25, -0.2) is 9.55 Å². The molecule has 172 valence electrons. The number of aromatic nitrogens is 1. The number of benzene rings is 1. The zero-order valence-electron chi connectivity index (χ0n) is 17.7. The summed E-state index contributed by atoms with van der Waals surface area (Å²) in [6, 6.07) is 12.6. The monoisotopic (exact) mass is 487 g/mol. The van der Waals surface area contributed by atoms with Crippen molar-refractivity contribution in [3.63, 3.8) is 0 Å². The van der Waals surface area contributed by atoms with Gasteiger partial charge in [-0.05, 0) is 30.5 Å². The molecule has 2 aromatic rings. The number of hydrogen-bond acceptors (Lipinski definition) is 9. The molecule has 0 spiro atoms. The molecule has 1 amide bonds. The highest BCUT2D eigenvalue weighted by Crippen LogP contribution is 2.48. The Morgan fingerprint density at radius 1 is 1.36 bits per heavy atom. The van der Waals surface area contributed by atoms with E-state index in [0.717, 1.165) is 11.8 Å². The minimum absolute atomic E-state index is 0.0542. The number of nitrogens with two attached hydrogens (primary N) is 1. The maximum absolute atomic E-state index is 12.6. The predicted octanol–water partition coefficient (Wildman–Crippen LogP) is 2.56. The molecule has 1 aromatic heterocycles. The summed E-state index contributed by atoms with van der Waals surface area (Å²) in [5, 5.41) is 21.6. The van der Waals surface area contributed by atoms with Gasteiger partial charge >= 0.3 is 7.82 Å². The average Bonchev–Trinajstić information content (AvgIpc) is 3.29. The summed E-state index contributed by atoms with van der Waals surface area (Å²) in [6.07, 6.45) is 0.244. The number of phosphoric acid groups is 1. The zero-order chi connectivity index (χ0) is 24.0. The summed E-state index contributed by atoms with van der Waals surface area (Å²) in [4.78, 5) is 26.6. The molecule has 0 saturated carbocycles. The molecule has 2 unspecified atom stereocenters. The predicted molar refractivity (Wildman–Crippen MR) is 120 cm³/mol. The fourth-order valence-corrected chi connectivity index (χ4v) is 5.40. The normalized spacial score (nSPS) is 18.0. The van der Waals surface area contributed by atoms with Crippen LogP contribution in [0.15, 0.2) is 35.4 Å². The maximum atomic E-state index is 12.6. The SMILES string of the molecule is CCc1c(C#N)c(OP(=O)(O)OC2CCNC2)nc(S[C@H](C(N)=O)c2ccccc2)c1C#N. The number of nitrogens with one attached hydrogen (secondary N) is 1. The molecule has 3 atom stereocenters. The molecule has 1 saturated heterocycles. The third-order valence-corrected chi connectivity index (χ3v) is 7.13. The third kappa shape index (κ3) is 5.91. The van der Waals surface area contributed by atoms with Gasteiger partial charge in [0.1, 0.15) is 28.0 Å². The summed E-state index contributed by atoms with van der Waals surface area (Å²) >= 11 is 0.903. The van der Waals surface area contributed by atoms with Crippen LogP contribution >= 0.6 is 19.6 Å². The van der Waals surface area contributed by atoms with Crippen LogP contribution in [-0.2, 0) is 20.3 Å². The van der Waals surface area contributed by atoms with Crippen molar-refractivity contribution in [1.29, 1.82) is 10.5 Å². The number of nitrogens with zero attached hydrogens (tertiary/aromatic N) is 3. The summed E-state index contributed by atoms with van der Waals surface area (Å²) in [5.74, 6) is -1.10. The number of pyridine rings is 1. The van der Waals surface area contributed by atoms with E-state index in [-0.39, 0.29) is 28.1 Å². The van der Waals surface area contributed by atoms with Crippen molar-refractivity contribution in [2.45, 2.75) is 36.1 Å². The summed E-state index contributed by atoms with van der Waals surface area (Å²) in [5.41, 5.74) is 6.41. The number of carbonyl (C=O) groups excluding carboxylic acids is 1. The van der Waals surface area contributed by atoms with Crippen LogP contribution in [0, 0.1) is 22.7 Å². The molecule has 3 rings (SSSR count). The lowest BCUT2D eigenvalue weighted by molar-refractivity contribution is -0.117. The van der Waals surface area contributed by atoms with Crippen LogP contribution < -0.4 is 15.6 Å². The Hall–Kier alpha value is -2.92. The first-order chi connectivity index (χ1) is 15.8. The lowest BCUT2D eigenvalue weighted by Gasteiger charge is -2.20. The molecule has 12 heteroatoms. The average molecular weight is 487 g/mol. The van der Waals surface area contributed by atoms with E-state index in [1.165, 1.54) is 0 Å². The van der Waals surface area contributed by atoms with Gasteiger partial charge in [0.15, 0.2) is 0 Å². The van der Waals surface area contributed by atoms with Crippen LogP contribution in [0.1, 0.15) is 40.8 Å². The number of primary amides is 1. The summed E-state index contributed by atoms with van der Waals surface area (Å²) < 4.78 is 23.0. The van der Waals surface area contributed by atoms with E-state index in [9.17, 15) is 24.8 Å². The van der Waals surface area contributed by atoms with Gasteiger partial charge in [-0.3, -0.25) is 14.2 Å². The molecule has 1 aromatic carbocycles. The molecule has 1 aliphatic heterocycles. The van der Waals surface area contributed by atoms with Crippen LogP contribution in [0.5, 0.6) is 5.88 Å². The smallest absolute Gasteiger partial charge is 0.384 e. The summed E-state index contributed by atoms with van der Waals surface area (Å²) in [6.45, 7) is 2.74. The number of hydrogen-bond donors (Lipinski definition) is 3. The Morgan fingerprint density at radius 2 is 2.06 bits per heavy atom. The Kier molecular flexibility index (Phi) is 8.09. The lowest BCUT2D eigenvalue weighted by Crippen LogP contribution is -2.19. The van der Waals surface area contributed by atoms with Crippen molar-refractivity contribution in [3.8, 4) is 18.0 Å². The Morgan fingerprint density at radius 3 is 2.61 bits per heavy atom. The van der Waals surface area contributed by atoms with E-state index in [0.29, 0.717) is 25.1 Å². The molecular formula is C21H22N5O5PS. The van der Waals surface area contributed by atoms with Gasteiger partial charge in [0.05, 0.1) is 11.7 Å². The van der Waals surface area contributed by atoms with Crippen molar-refractivity contribution < 1.29 is 23.3 Å². The zero-order valence-corrected chi connectivity index (χ0v) is 19.4. The molecule has 10 nitrogen and oxygen atoms in total. The van der Waals surface area contributed by atoms with Crippen molar-refractivity contribution in [2.24, 2.45) is 5.73 Å². The number of phosphoric ester groups is 1. The number of rotatable bonds is 9. The van der Waals surface area contributed by atoms with Gasteiger partial charge in [0, 0.05) is 6.54 Å². The van der Waals surface area contributed by atoms with E-state index < -0.39 is 31.0 Å². The van der Waals surface area contributed by atoms with E-state index in [4.69, 9.17) is 14.8 Å². The number of thioether (sulfide) groups is 1. The minimum Gasteiger partial charge on any atom is -0.384 e. The van der Waals surface area contributed by atoms with Crippen molar-refractivity contribution in [2.75, 3.05) is 13.1 Å². The van der Waals surface area contributed by atoms with Crippen molar-refractivity contribution >= 4 is 25.5 Å². The molecule has 1 fully saturated rings. The van der Waals surface area contributed by atoms with Crippen LogP contribution in [0.25, 0.3) is 0 Å². The van der Waals surface area contributed by atoms with E-state index >= 15 is 0 Å². The van der Waals surface area contributed by atoms with Gasteiger partial charge in [-0.15, -0.1) is 0 Å². The molecule has 2 heterocycles. The van der Waals surface area contributed by atoms with Crippen LogP contribution in [0.3, 0.4) is 0 Å².